The fourth-order valence-electron chi connectivity index (χ4n) is 3.64. The molecule has 1 aromatic heterocycles. The van der Waals surface area contributed by atoms with Crippen molar-refractivity contribution in [2.24, 2.45) is 5.92 Å². The standard InChI is InChI=1S/C16H27N3O2/c1-12(2)19-10-13(8-17-19)9-18-6-7-21-11-15(18)14-4-3-5-16(14)20/h8,10,12,14-16,20H,3-7,9,11H2,1-2H3/t14-,15+,16-/m0/s1. The van der Waals surface area contributed by atoms with Crippen LogP contribution < -0.4 is 0 Å². The second-order valence-electron chi connectivity index (χ2n) is 6.70. The van der Waals surface area contributed by atoms with Crippen LogP contribution in [0.25, 0.3) is 0 Å². The van der Waals surface area contributed by atoms with E-state index in [1.54, 1.807) is 0 Å². The van der Waals surface area contributed by atoms with Crippen molar-refractivity contribution < 1.29 is 9.84 Å². The predicted octanol–water partition coefficient (Wildman–Crippen LogP) is 1.83. The van der Waals surface area contributed by atoms with Gasteiger partial charge in [0.2, 0.25) is 0 Å². The van der Waals surface area contributed by atoms with E-state index < -0.39 is 0 Å². The zero-order valence-corrected chi connectivity index (χ0v) is 13.1. The number of aliphatic hydroxyl groups excluding tert-OH is 1. The lowest BCUT2D eigenvalue weighted by Gasteiger charge is -2.39. The molecule has 0 spiro atoms. The average molecular weight is 293 g/mol. The molecule has 0 bridgehead atoms. The lowest BCUT2D eigenvalue weighted by Crippen LogP contribution is -2.50. The highest BCUT2D eigenvalue weighted by Crippen LogP contribution is 2.32. The van der Waals surface area contributed by atoms with Crippen molar-refractivity contribution in [3.8, 4) is 0 Å². The molecule has 1 aliphatic carbocycles. The fourth-order valence-corrected chi connectivity index (χ4v) is 3.64. The minimum absolute atomic E-state index is 0.155. The Morgan fingerprint density at radius 3 is 2.95 bits per heavy atom. The molecule has 2 fully saturated rings. The molecular weight excluding hydrogens is 266 g/mol. The molecule has 0 aromatic carbocycles. The van der Waals surface area contributed by atoms with E-state index in [9.17, 15) is 5.11 Å². The van der Waals surface area contributed by atoms with Gasteiger partial charge in [0.05, 0.1) is 25.5 Å². The molecular formula is C16H27N3O2. The Bertz CT molecular complexity index is 460. The smallest absolute Gasteiger partial charge is 0.0626 e. The zero-order valence-electron chi connectivity index (χ0n) is 13.1. The topological polar surface area (TPSA) is 50.5 Å². The Hall–Kier alpha value is -0.910. The number of hydrogen-bond acceptors (Lipinski definition) is 4. The summed E-state index contributed by atoms with van der Waals surface area (Å²) in [6, 6.07) is 0.745. The summed E-state index contributed by atoms with van der Waals surface area (Å²) in [7, 11) is 0. The number of rotatable bonds is 4. The lowest BCUT2D eigenvalue weighted by atomic mass is 9.94. The molecule has 0 radical (unpaired) electrons. The quantitative estimate of drug-likeness (QED) is 0.920. The highest BCUT2D eigenvalue weighted by Gasteiger charge is 2.37. The number of morpholine rings is 1. The SMILES string of the molecule is CC(C)n1cc(CN2CCOC[C@@H]2[C@@H]2CCC[C@@H]2O)cn1. The van der Waals surface area contributed by atoms with E-state index in [1.807, 2.05) is 10.9 Å². The van der Waals surface area contributed by atoms with Gasteiger partial charge in [-0.25, -0.2) is 0 Å². The lowest BCUT2D eigenvalue weighted by molar-refractivity contribution is -0.0536. The van der Waals surface area contributed by atoms with E-state index in [2.05, 4.69) is 30.0 Å². The van der Waals surface area contributed by atoms with E-state index >= 15 is 0 Å². The first kappa shape index (κ1) is 15.0. The summed E-state index contributed by atoms with van der Waals surface area (Å²) in [5, 5.41) is 14.6. The molecule has 3 atom stereocenters. The number of ether oxygens (including phenoxy) is 1. The maximum Gasteiger partial charge on any atom is 0.0626 e. The van der Waals surface area contributed by atoms with E-state index in [4.69, 9.17) is 4.74 Å². The Morgan fingerprint density at radius 1 is 1.43 bits per heavy atom. The van der Waals surface area contributed by atoms with Crippen LogP contribution >= 0.6 is 0 Å². The third-order valence-corrected chi connectivity index (χ3v) is 4.88. The van der Waals surface area contributed by atoms with Crippen LogP contribution in [0, 0.1) is 5.92 Å². The van der Waals surface area contributed by atoms with Crippen LogP contribution in [0.3, 0.4) is 0 Å². The summed E-state index contributed by atoms with van der Waals surface area (Å²) >= 11 is 0. The molecule has 118 valence electrons. The molecule has 3 rings (SSSR count). The van der Waals surface area contributed by atoms with Gasteiger partial charge in [-0.3, -0.25) is 9.58 Å². The molecule has 2 aliphatic rings. The van der Waals surface area contributed by atoms with Crippen LogP contribution in [-0.2, 0) is 11.3 Å². The first-order valence-corrected chi connectivity index (χ1v) is 8.18. The number of aromatic nitrogens is 2. The van der Waals surface area contributed by atoms with Crippen molar-refractivity contribution >= 4 is 0 Å². The van der Waals surface area contributed by atoms with Crippen LogP contribution in [0.1, 0.15) is 44.7 Å². The Morgan fingerprint density at radius 2 is 2.29 bits per heavy atom. The zero-order chi connectivity index (χ0) is 14.8. The number of hydrogen-bond donors (Lipinski definition) is 1. The summed E-state index contributed by atoms with van der Waals surface area (Å²) in [6.45, 7) is 7.68. The summed E-state index contributed by atoms with van der Waals surface area (Å²) in [5.41, 5.74) is 1.25. The average Bonchev–Trinajstić information content (AvgIpc) is 3.09. The number of aliphatic hydroxyl groups is 1. The van der Waals surface area contributed by atoms with E-state index in [-0.39, 0.29) is 6.10 Å². The third-order valence-electron chi connectivity index (χ3n) is 4.88. The van der Waals surface area contributed by atoms with Gasteiger partial charge in [0.25, 0.3) is 0 Å². The molecule has 0 unspecified atom stereocenters. The summed E-state index contributed by atoms with van der Waals surface area (Å²) in [4.78, 5) is 2.48. The second-order valence-corrected chi connectivity index (χ2v) is 6.70. The Labute approximate surface area is 126 Å². The van der Waals surface area contributed by atoms with Crippen molar-refractivity contribution in [2.75, 3.05) is 19.8 Å². The molecule has 1 N–H and O–H groups in total. The maximum absolute atomic E-state index is 10.2. The predicted molar refractivity (Wildman–Crippen MR) is 81.0 cm³/mol. The molecule has 5 nitrogen and oxygen atoms in total. The normalized spacial score (nSPS) is 31.1. The van der Waals surface area contributed by atoms with Crippen molar-refractivity contribution in [3.63, 3.8) is 0 Å². The van der Waals surface area contributed by atoms with E-state index in [0.717, 1.165) is 45.6 Å². The first-order chi connectivity index (χ1) is 10.1. The summed E-state index contributed by atoms with van der Waals surface area (Å²) < 4.78 is 7.69. The minimum Gasteiger partial charge on any atom is -0.393 e. The van der Waals surface area contributed by atoms with Crippen LogP contribution in [-0.4, -0.2) is 51.7 Å². The molecule has 1 saturated heterocycles. The van der Waals surface area contributed by atoms with Crippen LogP contribution in [0.15, 0.2) is 12.4 Å². The van der Waals surface area contributed by atoms with Crippen LogP contribution in [0.2, 0.25) is 0 Å². The second kappa shape index (κ2) is 6.46. The van der Waals surface area contributed by atoms with Gasteiger partial charge in [-0.1, -0.05) is 6.42 Å². The summed E-state index contributed by atoms with van der Waals surface area (Å²) in [6.07, 6.45) is 7.16. The highest BCUT2D eigenvalue weighted by molar-refractivity contribution is 5.05. The van der Waals surface area contributed by atoms with Crippen LogP contribution in [0.5, 0.6) is 0 Å². The monoisotopic (exact) mass is 293 g/mol. The van der Waals surface area contributed by atoms with E-state index in [0.29, 0.717) is 18.0 Å². The van der Waals surface area contributed by atoms with Gasteiger partial charge >= 0.3 is 0 Å². The maximum atomic E-state index is 10.2. The van der Waals surface area contributed by atoms with Gasteiger partial charge in [0.1, 0.15) is 0 Å². The van der Waals surface area contributed by atoms with Gasteiger partial charge in [0, 0.05) is 42.9 Å². The Balaban J connectivity index is 1.68. The molecule has 5 heteroatoms. The van der Waals surface area contributed by atoms with Gasteiger partial charge in [-0.15, -0.1) is 0 Å². The molecule has 1 saturated carbocycles. The van der Waals surface area contributed by atoms with E-state index in [1.165, 1.54) is 5.56 Å². The minimum atomic E-state index is -0.155. The number of nitrogens with zero attached hydrogens (tertiary/aromatic N) is 3. The van der Waals surface area contributed by atoms with Crippen molar-refractivity contribution in [3.05, 3.63) is 18.0 Å². The van der Waals surface area contributed by atoms with Gasteiger partial charge < -0.3 is 9.84 Å². The molecule has 2 heterocycles. The molecule has 1 aromatic rings. The van der Waals surface area contributed by atoms with Crippen molar-refractivity contribution in [2.45, 2.75) is 57.8 Å². The van der Waals surface area contributed by atoms with Gasteiger partial charge in [-0.05, 0) is 26.7 Å². The summed E-state index contributed by atoms with van der Waals surface area (Å²) in [5.74, 6) is 0.366. The molecule has 21 heavy (non-hydrogen) atoms. The molecule has 1 aliphatic heterocycles. The fraction of sp³-hybridized carbons (Fsp3) is 0.812. The van der Waals surface area contributed by atoms with Gasteiger partial charge in [-0.2, -0.15) is 5.10 Å². The van der Waals surface area contributed by atoms with Crippen molar-refractivity contribution in [1.82, 2.24) is 14.7 Å². The van der Waals surface area contributed by atoms with Crippen molar-refractivity contribution in [1.29, 1.82) is 0 Å². The van der Waals surface area contributed by atoms with Crippen LogP contribution in [0.4, 0.5) is 0 Å². The highest BCUT2D eigenvalue weighted by atomic mass is 16.5. The van der Waals surface area contributed by atoms with Gasteiger partial charge in [0.15, 0.2) is 0 Å². The molecule has 0 amide bonds. The third kappa shape index (κ3) is 3.30. The first-order valence-electron chi connectivity index (χ1n) is 8.18. The Kier molecular flexibility index (Phi) is 4.62. The largest absolute Gasteiger partial charge is 0.393 e.